The lowest BCUT2D eigenvalue weighted by atomic mass is 10.2. The third-order valence-electron chi connectivity index (χ3n) is 2.94. The monoisotopic (exact) mass is 284 g/mol. The van der Waals surface area contributed by atoms with E-state index in [4.69, 9.17) is 4.74 Å². The fourth-order valence-electron chi connectivity index (χ4n) is 1.85. The quantitative estimate of drug-likeness (QED) is 0.513. The van der Waals surface area contributed by atoms with Crippen LogP contribution in [0.15, 0.2) is 54.8 Å². The third-order valence-corrected chi connectivity index (χ3v) is 2.94. The number of allylic oxidation sites excluding steroid dienone is 2. The summed E-state index contributed by atoms with van der Waals surface area (Å²) in [6.45, 7) is 3.72. The lowest BCUT2D eigenvalue weighted by Crippen LogP contribution is -2.30. The van der Waals surface area contributed by atoms with Gasteiger partial charge < -0.3 is 10.1 Å². The van der Waals surface area contributed by atoms with E-state index in [1.165, 1.54) is 6.08 Å². The van der Waals surface area contributed by atoms with Crippen molar-refractivity contribution in [3.05, 3.63) is 60.3 Å². The van der Waals surface area contributed by atoms with Crippen LogP contribution in [0.4, 0.5) is 4.79 Å². The lowest BCUT2D eigenvalue weighted by Gasteiger charge is -2.06. The average molecular weight is 284 g/mol. The molecule has 1 aliphatic rings. The Balaban J connectivity index is 2.06. The minimum Gasteiger partial charge on any atom is -0.497 e. The van der Waals surface area contributed by atoms with Crippen LogP contribution in [-0.4, -0.2) is 30.5 Å². The van der Waals surface area contributed by atoms with Gasteiger partial charge in [0.05, 0.1) is 7.11 Å². The van der Waals surface area contributed by atoms with Crippen molar-refractivity contribution in [2.75, 3.05) is 13.7 Å². The predicted molar refractivity (Wildman–Crippen MR) is 80.6 cm³/mol. The van der Waals surface area contributed by atoms with Crippen LogP contribution in [0.3, 0.4) is 0 Å². The Hall–Kier alpha value is -2.82. The maximum Gasteiger partial charge on any atom is 0.329 e. The highest BCUT2D eigenvalue weighted by Crippen LogP contribution is 2.13. The van der Waals surface area contributed by atoms with E-state index in [0.717, 1.165) is 16.2 Å². The van der Waals surface area contributed by atoms with Crippen molar-refractivity contribution in [2.24, 2.45) is 0 Å². The topological polar surface area (TPSA) is 58.6 Å². The van der Waals surface area contributed by atoms with E-state index in [0.29, 0.717) is 0 Å². The minimum atomic E-state index is -0.427. The number of benzene rings is 1. The molecule has 1 N–H and O–H groups in total. The van der Waals surface area contributed by atoms with Crippen molar-refractivity contribution in [3.8, 4) is 5.75 Å². The number of amides is 3. The number of hydrogen-bond donors (Lipinski definition) is 1. The summed E-state index contributed by atoms with van der Waals surface area (Å²) in [6, 6.07) is 7.06. The molecule has 0 spiro atoms. The number of imide groups is 1. The second kappa shape index (κ2) is 6.56. The fraction of sp³-hybridized carbons (Fsp3) is 0.125. The van der Waals surface area contributed by atoms with Gasteiger partial charge in [-0.25, -0.2) is 4.79 Å². The molecule has 5 nitrogen and oxygen atoms in total. The third kappa shape index (κ3) is 3.39. The zero-order chi connectivity index (χ0) is 15.2. The summed E-state index contributed by atoms with van der Waals surface area (Å²) in [5.74, 6) is 0.433. The molecule has 5 heteroatoms. The second-order valence-corrected chi connectivity index (χ2v) is 4.35. The number of urea groups is 1. The van der Waals surface area contributed by atoms with Crippen LogP contribution in [0, 0.1) is 0 Å². The molecule has 0 atom stereocenters. The van der Waals surface area contributed by atoms with E-state index in [1.54, 1.807) is 19.3 Å². The van der Waals surface area contributed by atoms with Gasteiger partial charge in [-0.2, -0.15) is 0 Å². The van der Waals surface area contributed by atoms with Crippen molar-refractivity contribution in [1.82, 2.24) is 10.2 Å². The van der Waals surface area contributed by atoms with Gasteiger partial charge in [0.1, 0.15) is 11.4 Å². The molecule has 0 unspecified atom stereocenters. The summed E-state index contributed by atoms with van der Waals surface area (Å²) in [6.07, 6.45) is 6.63. The van der Waals surface area contributed by atoms with Crippen LogP contribution < -0.4 is 10.1 Å². The molecule has 1 fully saturated rings. The van der Waals surface area contributed by atoms with Gasteiger partial charge >= 0.3 is 6.03 Å². The molecule has 0 bridgehead atoms. The molecule has 1 aromatic rings. The smallest absolute Gasteiger partial charge is 0.329 e. The molecule has 0 saturated carbocycles. The predicted octanol–water partition coefficient (Wildman–Crippen LogP) is 2.33. The minimum absolute atomic E-state index is 0.199. The van der Waals surface area contributed by atoms with Gasteiger partial charge in [-0.05, 0) is 23.8 Å². The first-order valence-corrected chi connectivity index (χ1v) is 6.42. The molecular formula is C16H16N2O3. The first-order valence-electron chi connectivity index (χ1n) is 6.42. The van der Waals surface area contributed by atoms with Gasteiger partial charge in [-0.15, -0.1) is 6.58 Å². The molecule has 1 heterocycles. The number of rotatable bonds is 5. The van der Waals surface area contributed by atoms with Crippen LogP contribution in [0.1, 0.15) is 5.56 Å². The molecule has 2 rings (SSSR count). The average Bonchev–Trinajstić information content (AvgIpc) is 2.76. The molecule has 1 aliphatic heterocycles. The zero-order valence-corrected chi connectivity index (χ0v) is 11.7. The molecular weight excluding hydrogens is 268 g/mol. The Morgan fingerprint density at radius 3 is 2.62 bits per heavy atom. The molecule has 1 saturated heterocycles. The van der Waals surface area contributed by atoms with Crippen LogP contribution in [0.2, 0.25) is 0 Å². The van der Waals surface area contributed by atoms with E-state index in [1.807, 2.05) is 30.3 Å². The second-order valence-electron chi connectivity index (χ2n) is 4.35. The SMILES string of the molecule is C=CCN1C(=O)N/C(=C/C=C/c2ccc(OC)cc2)C1=O. The lowest BCUT2D eigenvalue weighted by molar-refractivity contribution is -0.122. The number of carbonyl (C=O) groups is 2. The highest BCUT2D eigenvalue weighted by atomic mass is 16.5. The van der Waals surface area contributed by atoms with Gasteiger partial charge in [0.2, 0.25) is 0 Å². The summed E-state index contributed by atoms with van der Waals surface area (Å²) in [7, 11) is 1.61. The van der Waals surface area contributed by atoms with Crippen LogP contribution in [0.5, 0.6) is 5.75 Å². The van der Waals surface area contributed by atoms with E-state index in [9.17, 15) is 9.59 Å². The number of carbonyl (C=O) groups excluding carboxylic acids is 2. The zero-order valence-electron chi connectivity index (χ0n) is 11.7. The summed E-state index contributed by atoms with van der Waals surface area (Å²) in [5, 5.41) is 2.52. The van der Waals surface area contributed by atoms with Gasteiger partial charge in [0.15, 0.2) is 0 Å². The Labute approximate surface area is 123 Å². The summed E-state index contributed by atoms with van der Waals surface area (Å²) in [5.41, 5.74) is 1.22. The fourth-order valence-corrected chi connectivity index (χ4v) is 1.85. The van der Waals surface area contributed by atoms with Crippen molar-refractivity contribution < 1.29 is 14.3 Å². The van der Waals surface area contributed by atoms with Crippen LogP contribution in [0.25, 0.3) is 6.08 Å². The van der Waals surface area contributed by atoms with Gasteiger partial charge in [0, 0.05) is 6.54 Å². The molecule has 1 aromatic carbocycles. The van der Waals surface area contributed by atoms with E-state index < -0.39 is 6.03 Å². The summed E-state index contributed by atoms with van der Waals surface area (Å²) in [4.78, 5) is 24.6. The maximum atomic E-state index is 11.9. The Bertz CT molecular complexity index is 615. The van der Waals surface area contributed by atoms with E-state index >= 15 is 0 Å². The first kappa shape index (κ1) is 14.6. The maximum absolute atomic E-state index is 11.9. The Morgan fingerprint density at radius 2 is 2.00 bits per heavy atom. The normalized spacial score (nSPS) is 16.6. The van der Waals surface area contributed by atoms with Gasteiger partial charge in [-0.1, -0.05) is 30.4 Å². The van der Waals surface area contributed by atoms with Crippen LogP contribution in [-0.2, 0) is 4.79 Å². The summed E-state index contributed by atoms with van der Waals surface area (Å²) < 4.78 is 5.07. The highest BCUT2D eigenvalue weighted by molar-refractivity contribution is 6.11. The number of methoxy groups -OCH3 is 1. The summed E-state index contributed by atoms with van der Waals surface area (Å²) >= 11 is 0. The van der Waals surface area contributed by atoms with Crippen molar-refractivity contribution in [3.63, 3.8) is 0 Å². The van der Waals surface area contributed by atoms with Crippen LogP contribution >= 0.6 is 0 Å². The highest BCUT2D eigenvalue weighted by Gasteiger charge is 2.31. The molecule has 0 aromatic heterocycles. The van der Waals surface area contributed by atoms with E-state index in [-0.39, 0.29) is 18.1 Å². The van der Waals surface area contributed by atoms with Crippen molar-refractivity contribution in [2.45, 2.75) is 0 Å². The first-order chi connectivity index (χ1) is 10.2. The molecule has 0 radical (unpaired) electrons. The van der Waals surface area contributed by atoms with E-state index in [2.05, 4.69) is 11.9 Å². The molecule has 3 amide bonds. The molecule has 0 aliphatic carbocycles. The Morgan fingerprint density at radius 1 is 1.29 bits per heavy atom. The van der Waals surface area contributed by atoms with Gasteiger partial charge in [-0.3, -0.25) is 9.69 Å². The molecule has 21 heavy (non-hydrogen) atoms. The number of nitrogens with one attached hydrogen (secondary N) is 1. The largest absolute Gasteiger partial charge is 0.497 e. The van der Waals surface area contributed by atoms with Crippen molar-refractivity contribution in [1.29, 1.82) is 0 Å². The number of nitrogens with zero attached hydrogens (tertiary/aromatic N) is 1. The number of hydrogen-bond acceptors (Lipinski definition) is 3. The standard InChI is InChI=1S/C16H16N2O3/c1-3-11-18-15(19)14(17-16(18)20)6-4-5-12-7-9-13(21-2)10-8-12/h3-10H,1,11H2,2H3,(H,17,20)/b5-4+,14-6+. The molecule has 108 valence electrons. The van der Waals surface area contributed by atoms with Gasteiger partial charge in [0.25, 0.3) is 5.91 Å². The number of ether oxygens (including phenoxy) is 1. The van der Waals surface area contributed by atoms with Crippen molar-refractivity contribution >= 4 is 18.0 Å². The Kier molecular flexibility index (Phi) is 4.56.